The minimum absolute atomic E-state index is 0.0560. The van der Waals surface area contributed by atoms with Gasteiger partial charge in [-0.25, -0.2) is 0 Å². The summed E-state index contributed by atoms with van der Waals surface area (Å²) in [5, 5.41) is 14.5. The highest BCUT2D eigenvalue weighted by Gasteiger charge is 2.24. The van der Waals surface area contributed by atoms with Crippen LogP contribution in [0.3, 0.4) is 0 Å². The molecule has 5 heteroatoms. The Balaban J connectivity index is 2.09. The van der Waals surface area contributed by atoms with Crippen LogP contribution in [0.1, 0.15) is 31.2 Å². The molecule has 0 spiro atoms. The van der Waals surface area contributed by atoms with Crippen molar-refractivity contribution in [2.75, 3.05) is 13.7 Å². The maximum Gasteiger partial charge on any atom is 0.264 e. The van der Waals surface area contributed by atoms with Gasteiger partial charge < -0.3 is 10.1 Å². The molecule has 0 saturated heterocycles. The molecule has 0 fully saturated rings. The third-order valence-electron chi connectivity index (χ3n) is 3.73. The van der Waals surface area contributed by atoms with Gasteiger partial charge in [0.2, 0.25) is 0 Å². The maximum absolute atomic E-state index is 11.1. The van der Waals surface area contributed by atoms with Crippen molar-refractivity contribution in [3.63, 3.8) is 0 Å². The standard InChI is InChI=1S/C16H22N2O3/c1-21-12-14(11-13-7-3-2-4-8-13)17-15-9-5-6-10-16(15)18(19)20/h2-4,7-8,14,17H,5-6,9-12H2,1H3. The van der Waals surface area contributed by atoms with E-state index < -0.39 is 0 Å². The van der Waals surface area contributed by atoms with Gasteiger partial charge in [0, 0.05) is 13.5 Å². The Morgan fingerprint density at radius 3 is 2.67 bits per heavy atom. The summed E-state index contributed by atoms with van der Waals surface area (Å²) >= 11 is 0. The first-order chi connectivity index (χ1) is 10.2. The molecule has 0 bridgehead atoms. The molecule has 0 radical (unpaired) electrons. The molecule has 1 N–H and O–H groups in total. The lowest BCUT2D eigenvalue weighted by atomic mass is 9.99. The Bertz CT molecular complexity index is 500. The van der Waals surface area contributed by atoms with Crippen molar-refractivity contribution in [3.8, 4) is 0 Å². The lowest BCUT2D eigenvalue weighted by Crippen LogP contribution is -2.36. The summed E-state index contributed by atoms with van der Waals surface area (Å²) in [6.07, 6.45) is 4.01. The lowest BCUT2D eigenvalue weighted by molar-refractivity contribution is -0.430. The molecule has 2 rings (SSSR count). The smallest absolute Gasteiger partial charge is 0.264 e. The van der Waals surface area contributed by atoms with E-state index in [4.69, 9.17) is 4.74 Å². The van der Waals surface area contributed by atoms with E-state index >= 15 is 0 Å². The van der Waals surface area contributed by atoms with Gasteiger partial charge >= 0.3 is 0 Å². The van der Waals surface area contributed by atoms with Gasteiger partial charge in [0.25, 0.3) is 5.70 Å². The van der Waals surface area contributed by atoms with Crippen LogP contribution in [0.4, 0.5) is 0 Å². The number of ether oxygens (including phenoxy) is 1. The number of methoxy groups -OCH3 is 1. The normalized spacial score (nSPS) is 16.6. The van der Waals surface area contributed by atoms with Crippen LogP contribution in [-0.4, -0.2) is 24.7 Å². The molecule has 1 unspecified atom stereocenters. The topological polar surface area (TPSA) is 64.4 Å². The molecule has 0 saturated carbocycles. The second-order valence-corrected chi connectivity index (χ2v) is 5.38. The quantitative estimate of drug-likeness (QED) is 0.619. The van der Waals surface area contributed by atoms with Gasteiger partial charge in [0.05, 0.1) is 23.3 Å². The van der Waals surface area contributed by atoms with E-state index in [-0.39, 0.29) is 11.0 Å². The molecule has 114 valence electrons. The summed E-state index contributed by atoms with van der Waals surface area (Å²) in [6, 6.07) is 10.2. The number of allylic oxidation sites excluding steroid dienone is 2. The first-order valence-corrected chi connectivity index (χ1v) is 7.36. The van der Waals surface area contributed by atoms with Crippen molar-refractivity contribution in [2.24, 2.45) is 0 Å². The van der Waals surface area contributed by atoms with Gasteiger partial charge in [-0.05, 0) is 31.2 Å². The molecule has 1 aliphatic rings. The Hall–Kier alpha value is -1.88. The highest BCUT2D eigenvalue weighted by atomic mass is 16.6. The lowest BCUT2D eigenvalue weighted by Gasteiger charge is -2.23. The fraction of sp³-hybridized carbons (Fsp3) is 0.500. The van der Waals surface area contributed by atoms with Crippen LogP contribution in [0.2, 0.25) is 0 Å². The largest absolute Gasteiger partial charge is 0.383 e. The van der Waals surface area contributed by atoms with E-state index in [9.17, 15) is 10.1 Å². The van der Waals surface area contributed by atoms with Crippen LogP contribution in [0, 0.1) is 10.1 Å². The predicted molar refractivity (Wildman–Crippen MR) is 81.4 cm³/mol. The van der Waals surface area contributed by atoms with Gasteiger partial charge in [0.15, 0.2) is 0 Å². The average molecular weight is 290 g/mol. The number of nitrogens with one attached hydrogen (secondary N) is 1. The SMILES string of the molecule is COCC(Cc1ccccc1)NC1=C([N+](=O)[O-])CCCC1. The fourth-order valence-corrected chi connectivity index (χ4v) is 2.74. The monoisotopic (exact) mass is 290 g/mol. The first-order valence-electron chi connectivity index (χ1n) is 7.36. The number of nitro groups is 1. The molecular formula is C16H22N2O3. The molecule has 21 heavy (non-hydrogen) atoms. The minimum atomic E-state index is -0.242. The van der Waals surface area contributed by atoms with Crippen LogP contribution < -0.4 is 5.32 Å². The van der Waals surface area contributed by atoms with Crippen molar-refractivity contribution in [1.82, 2.24) is 5.32 Å². The Kier molecular flexibility index (Phi) is 5.75. The number of hydrogen-bond acceptors (Lipinski definition) is 4. The van der Waals surface area contributed by atoms with Gasteiger partial charge in [0.1, 0.15) is 0 Å². The van der Waals surface area contributed by atoms with Gasteiger partial charge in [-0.15, -0.1) is 0 Å². The summed E-state index contributed by atoms with van der Waals surface area (Å²) in [6.45, 7) is 0.531. The molecule has 1 atom stereocenters. The van der Waals surface area contributed by atoms with Crippen LogP contribution in [-0.2, 0) is 11.2 Å². The van der Waals surface area contributed by atoms with E-state index in [0.29, 0.717) is 18.7 Å². The predicted octanol–water partition coefficient (Wildman–Crippen LogP) is 2.90. The van der Waals surface area contributed by atoms with E-state index in [1.807, 2.05) is 18.2 Å². The Morgan fingerprint density at radius 1 is 1.29 bits per heavy atom. The van der Waals surface area contributed by atoms with Crippen LogP contribution >= 0.6 is 0 Å². The summed E-state index contributed by atoms with van der Waals surface area (Å²) in [7, 11) is 1.66. The van der Waals surface area contributed by atoms with Crippen molar-refractivity contribution < 1.29 is 9.66 Å². The molecule has 1 aromatic carbocycles. The van der Waals surface area contributed by atoms with Crippen molar-refractivity contribution in [1.29, 1.82) is 0 Å². The Labute approximate surface area is 125 Å². The van der Waals surface area contributed by atoms with E-state index in [1.165, 1.54) is 5.56 Å². The minimum Gasteiger partial charge on any atom is -0.383 e. The molecule has 0 heterocycles. The van der Waals surface area contributed by atoms with Crippen LogP contribution in [0.15, 0.2) is 41.7 Å². The number of nitrogens with zero attached hydrogens (tertiary/aromatic N) is 1. The van der Waals surface area contributed by atoms with E-state index in [2.05, 4.69) is 17.4 Å². The highest BCUT2D eigenvalue weighted by molar-refractivity contribution is 5.17. The third kappa shape index (κ3) is 4.56. The molecular weight excluding hydrogens is 268 g/mol. The van der Waals surface area contributed by atoms with Crippen molar-refractivity contribution in [2.45, 2.75) is 38.1 Å². The molecule has 1 aliphatic carbocycles. The molecule has 0 aliphatic heterocycles. The van der Waals surface area contributed by atoms with Gasteiger partial charge in [-0.3, -0.25) is 10.1 Å². The van der Waals surface area contributed by atoms with Crippen molar-refractivity contribution >= 4 is 0 Å². The number of hydrogen-bond donors (Lipinski definition) is 1. The second-order valence-electron chi connectivity index (χ2n) is 5.38. The third-order valence-corrected chi connectivity index (χ3v) is 3.73. The molecule has 0 aromatic heterocycles. The zero-order valence-corrected chi connectivity index (χ0v) is 12.4. The maximum atomic E-state index is 11.1. The molecule has 0 amide bonds. The van der Waals surface area contributed by atoms with E-state index in [0.717, 1.165) is 31.4 Å². The molecule has 5 nitrogen and oxygen atoms in total. The van der Waals surface area contributed by atoms with Crippen LogP contribution in [0.5, 0.6) is 0 Å². The highest BCUT2D eigenvalue weighted by Crippen LogP contribution is 2.24. The van der Waals surface area contributed by atoms with E-state index in [1.54, 1.807) is 7.11 Å². The van der Waals surface area contributed by atoms with Gasteiger partial charge in [-0.2, -0.15) is 0 Å². The average Bonchev–Trinajstić information content (AvgIpc) is 2.49. The summed E-state index contributed by atoms with van der Waals surface area (Å²) in [5.41, 5.74) is 2.32. The number of rotatable bonds is 7. The van der Waals surface area contributed by atoms with Crippen molar-refractivity contribution in [3.05, 3.63) is 57.4 Å². The summed E-state index contributed by atoms with van der Waals surface area (Å²) in [5.74, 6) is 0. The van der Waals surface area contributed by atoms with Crippen LogP contribution in [0.25, 0.3) is 0 Å². The van der Waals surface area contributed by atoms with Gasteiger partial charge in [-0.1, -0.05) is 30.3 Å². The zero-order valence-electron chi connectivity index (χ0n) is 12.4. The summed E-state index contributed by atoms with van der Waals surface area (Å²) < 4.78 is 5.26. The Morgan fingerprint density at radius 2 is 2.00 bits per heavy atom. The second kappa shape index (κ2) is 7.78. The fourth-order valence-electron chi connectivity index (χ4n) is 2.74. The number of benzene rings is 1. The molecule has 1 aromatic rings. The zero-order chi connectivity index (χ0) is 15.1. The summed E-state index contributed by atoms with van der Waals surface area (Å²) in [4.78, 5) is 10.9. The first kappa shape index (κ1) is 15.5.